The zero-order chi connectivity index (χ0) is 15.2. The number of hydrogen-bond acceptors (Lipinski definition) is 2. The van der Waals surface area contributed by atoms with Crippen molar-refractivity contribution in [1.82, 2.24) is 0 Å². The molecule has 0 spiro atoms. The highest BCUT2D eigenvalue weighted by molar-refractivity contribution is 6.31. The molecule has 2 aromatic carbocycles. The third-order valence-corrected chi connectivity index (χ3v) is 3.72. The molecule has 2 aromatic rings. The Morgan fingerprint density at radius 1 is 1.10 bits per heavy atom. The van der Waals surface area contributed by atoms with Gasteiger partial charge in [0.1, 0.15) is 0 Å². The van der Waals surface area contributed by atoms with Gasteiger partial charge >= 0.3 is 0 Å². The minimum atomic E-state index is 0.0151. The standard InChI is InChI=1S/C17H19ClN2O/c1-3-17(21)20-16-10-6-9-15(12(16)2)19-11-13-7-4-5-8-14(13)18/h4-10,19H,3,11H2,1-2H3,(H,20,21). The topological polar surface area (TPSA) is 41.1 Å². The fraction of sp³-hybridized carbons (Fsp3) is 0.235. The molecule has 0 fully saturated rings. The van der Waals surface area contributed by atoms with E-state index in [-0.39, 0.29) is 5.91 Å². The number of anilines is 2. The van der Waals surface area contributed by atoms with Crippen molar-refractivity contribution in [3.63, 3.8) is 0 Å². The van der Waals surface area contributed by atoms with E-state index < -0.39 is 0 Å². The predicted octanol–water partition coefficient (Wildman–Crippen LogP) is 4.61. The molecule has 0 aliphatic heterocycles. The molecule has 0 saturated carbocycles. The molecule has 0 atom stereocenters. The van der Waals surface area contributed by atoms with Crippen LogP contribution < -0.4 is 10.6 Å². The van der Waals surface area contributed by atoms with Gasteiger partial charge < -0.3 is 10.6 Å². The van der Waals surface area contributed by atoms with Gasteiger partial charge in [0.05, 0.1) is 0 Å². The number of benzene rings is 2. The summed E-state index contributed by atoms with van der Waals surface area (Å²) < 4.78 is 0. The molecule has 2 N–H and O–H groups in total. The molecule has 1 amide bonds. The fourth-order valence-corrected chi connectivity index (χ4v) is 2.24. The Morgan fingerprint density at radius 2 is 1.81 bits per heavy atom. The number of halogens is 1. The van der Waals surface area contributed by atoms with Crippen LogP contribution in [0.1, 0.15) is 24.5 Å². The first kappa shape index (κ1) is 15.4. The van der Waals surface area contributed by atoms with Crippen LogP contribution in [0, 0.1) is 6.92 Å². The largest absolute Gasteiger partial charge is 0.381 e. The Labute approximate surface area is 130 Å². The minimum Gasteiger partial charge on any atom is -0.381 e. The van der Waals surface area contributed by atoms with E-state index in [1.54, 1.807) is 0 Å². The van der Waals surface area contributed by atoms with Crippen LogP contribution in [0.15, 0.2) is 42.5 Å². The third-order valence-electron chi connectivity index (χ3n) is 3.36. The van der Waals surface area contributed by atoms with Gasteiger partial charge in [-0.05, 0) is 36.2 Å². The van der Waals surface area contributed by atoms with E-state index in [0.29, 0.717) is 13.0 Å². The summed E-state index contributed by atoms with van der Waals surface area (Å²) in [7, 11) is 0. The molecule has 0 unspecified atom stereocenters. The second-order valence-corrected chi connectivity index (χ2v) is 5.23. The van der Waals surface area contributed by atoms with Crippen LogP contribution >= 0.6 is 11.6 Å². The summed E-state index contributed by atoms with van der Waals surface area (Å²) in [6, 6.07) is 13.6. The summed E-state index contributed by atoms with van der Waals surface area (Å²) in [5, 5.41) is 7.02. The number of carbonyl (C=O) groups is 1. The second-order valence-electron chi connectivity index (χ2n) is 4.82. The summed E-state index contributed by atoms with van der Waals surface area (Å²) in [4.78, 5) is 11.5. The zero-order valence-electron chi connectivity index (χ0n) is 12.2. The molecule has 0 saturated heterocycles. The van der Waals surface area contributed by atoms with Crippen molar-refractivity contribution in [2.24, 2.45) is 0 Å². The van der Waals surface area contributed by atoms with Gasteiger partial charge in [0, 0.05) is 29.4 Å². The van der Waals surface area contributed by atoms with E-state index in [9.17, 15) is 4.79 Å². The molecule has 0 heterocycles. The van der Waals surface area contributed by atoms with Gasteiger partial charge in [-0.15, -0.1) is 0 Å². The molecule has 3 nitrogen and oxygen atoms in total. The van der Waals surface area contributed by atoms with Crippen LogP contribution in [-0.4, -0.2) is 5.91 Å². The Balaban J connectivity index is 2.12. The highest BCUT2D eigenvalue weighted by atomic mass is 35.5. The number of amides is 1. The van der Waals surface area contributed by atoms with E-state index in [4.69, 9.17) is 11.6 Å². The van der Waals surface area contributed by atoms with Crippen LogP contribution in [0.4, 0.5) is 11.4 Å². The number of hydrogen-bond donors (Lipinski definition) is 2. The van der Waals surface area contributed by atoms with Crippen molar-refractivity contribution in [2.75, 3.05) is 10.6 Å². The normalized spacial score (nSPS) is 10.2. The van der Waals surface area contributed by atoms with Gasteiger partial charge in [-0.25, -0.2) is 0 Å². The summed E-state index contributed by atoms with van der Waals surface area (Å²) in [5.74, 6) is 0.0151. The minimum absolute atomic E-state index is 0.0151. The summed E-state index contributed by atoms with van der Waals surface area (Å²) >= 11 is 6.15. The van der Waals surface area contributed by atoms with Crippen molar-refractivity contribution in [3.05, 3.63) is 58.6 Å². The van der Waals surface area contributed by atoms with Crippen molar-refractivity contribution >= 4 is 28.9 Å². The maximum absolute atomic E-state index is 11.5. The Kier molecular flexibility index (Phi) is 5.23. The number of rotatable bonds is 5. The van der Waals surface area contributed by atoms with Crippen LogP contribution in [-0.2, 0) is 11.3 Å². The maximum atomic E-state index is 11.5. The Hall–Kier alpha value is -2.00. The van der Waals surface area contributed by atoms with Crippen LogP contribution in [0.25, 0.3) is 0 Å². The first-order chi connectivity index (χ1) is 10.1. The Morgan fingerprint density at radius 3 is 2.52 bits per heavy atom. The Bertz CT molecular complexity index is 640. The molecular formula is C17H19ClN2O. The SMILES string of the molecule is CCC(=O)Nc1cccc(NCc2ccccc2Cl)c1C. The molecule has 0 bridgehead atoms. The van der Waals surface area contributed by atoms with Crippen molar-refractivity contribution < 1.29 is 4.79 Å². The zero-order valence-corrected chi connectivity index (χ0v) is 13.0. The smallest absolute Gasteiger partial charge is 0.224 e. The van der Waals surface area contributed by atoms with E-state index in [1.807, 2.05) is 56.3 Å². The molecule has 4 heteroatoms. The van der Waals surface area contributed by atoms with Crippen molar-refractivity contribution in [3.8, 4) is 0 Å². The second kappa shape index (κ2) is 7.14. The number of nitrogens with one attached hydrogen (secondary N) is 2. The first-order valence-electron chi connectivity index (χ1n) is 6.98. The average Bonchev–Trinajstić information content (AvgIpc) is 2.49. The lowest BCUT2D eigenvalue weighted by molar-refractivity contribution is -0.115. The lowest BCUT2D eigenvalue weighted by Gasteiger charge is -2.14. The molecule has 0 aromatic heterocycles. The van der Waals surface area contributed by atoms with E-state index in [0.717, 1.165) is 27.5 Å². The van der Waals surface area contributed by atoms with Crippen LogP contribution in [0.5, 0.6) is 0 Å². The van der Waals surface area contributed by atoms with Gasteiger partial charge in [-0.2, -0.15) is 0 Å². The summed E-state index contributed by atoms with van der Waals surface area (Å²) in [6.07, 6.45) is 0.469. The van der Waals surface area contributed by atoms with Crippen molar-refractivity contribution in [2.45, 2.75) is 26.8 Å². The lowest BCUT2D eigenvalue weighted by Crippen LogP contribution is -2.11. The molecule has 0 aliphatic rings. The average molecular weight is 303 g/mol. The fourth-order valence-electron chi connectivity index (χ4n) is 2.03. The van der Waals surface area contributed by atoms with Gasteiger partial charge in [0.15, 0.2) is 0 Å². The van der Waals surface area contributed by atoms with Crippen molar-refractivity contribution in [1.29, 1.82) is 0 Å². The van der Waals surface area contributed by atoms with Gasteiger partial charge in [0.25, 0.3) is 0 Å². The predicted molar refractivity (Wildman–Crippen MR) is 88.9 cm³/mol. The monoisotopic (exact) mass is 302 g/mol. The van der Waals surface area contributed by atoms with Gasteiger partial charge in [-0.1, -0.05) is 42.8 Å². The summed E-state index contributed by atoms with van der Waals surface area (Å²) in [5.41, 5.74) is 3.89. The van der Waals surface area contributed by atoms with E-state index in [1.165, 1.54) is 0 Å². The summed E-state index contributed by atoms with van der Waals surface area (Å²) in [6.45, 7) is 4.47. The third kappa shape index (κ3) is 3.99. The van der Waals surface area contributed by atoms with Crippen LogP contribution in [0.3, 0.4) is 0 Å². The maximum Gasteiger partial charge on any atom is 0.224 e. The van der Waals surface area contributed by atoms with Gasteiger partial charge in [0.2, 0.25) is 5.91 Å². The molecule has 0 aliphatic carbocycles. The highest BCUT2D eigenvalue weighted by Gasteiger charge is 2.07. The highest BCUT2D eigenvalue weighted by Crippen LogP contribution is 2.25. The van der Waals surface area contributed by atoms with E-state index >= 15 is 0 Å². The molecule has 110 valence electrons. The molecule has 2 rings (SSSR count). The van der Waals surface area contributed by atoms with E-state index in [2.05, 4.69) is 10.6 Å². The van der Waals surface area contributed by atoms with Crippen LogP contribution in [0.2, 0.25) is 5.02 Å². The molecular weight excluding hydrogens is 284 g/mol. The van der Waals surface area contributed by atoms with Gasteiger partial charge in [-0.3, -0.25) is 4.79 Å². The molecule has 21 heavy (non-hydrogen) atoms. The molecule has 0 radical (unpaired) electrons. The first-order valence-corrected chi connectivity index (χ1v) is 7.36. The lowest BCUT2D eigenvalue weighted by atomic mass is 10.1. The number of carbonyl (C=O) groups excluding carboxylic acids is 1. The quantitative estimate of drug-likeness (QED) is 0.847.